The maximum Gasteiger partial charge on any atom is 0.354 e. The van der Waals surface area contributed by atoms with Crippen molar-refractivity contribution in [1.82, 2.24) is 4.90 Å². The molecule has 0 aliphatic carbocycles. The number of nitrogens with zero attached hydrogens (tertiary/aromatic N) is 1. The van der Waals surface area contributed by atoms with E-state index in [-0.39, 0.29) is 27.8 Å². The number of carbonyl (C=O) groups excluding carboxylic acids is 2. The summed E-state index contributed by atoms with van der Waals surface area (Å²) in [6.45, 7) is 1.86. The number of carboxylic acid groups (broad SMARTS) is 1. The summed E-state index contributed by atoms with van der Waals surface area (Å²) in [6.07, 6.45) is 0.633. The first kappa shape index (κ1) is 12.0. The van der Waals surface area contributed by atoms with Crippen LogP contribution in [0.4, 0.5) is 0 Å². The van der Waals surface area contributed by atoms with Crippen LogP contribution in [0.3, 0.4) is 0 Å². The lowest BCUT2D eigenvalue weighted by molar-refractivity contribution is -0.151. The van der Waals surface area contributed by atoms with E-state index >= 15 is 0 Å². The first-order valence-electron chi connectivity index (χ1n) is 5.08. The van der Waals surface area contributed by atoms with Gasteiger partial charge in [-0.25, -0.2) is 9.59 Å². The highest BCUT2D eigenvalue weighted by atomic mass is 32.2. The van der Waals surface area contributed by atoms with E-state index in [0.717, 1.165) is 11.8 Å². The van der Waals surface area contributed by atoms with Gasteiger partial charge in [0.15, 0.2) is 5.70 Å². The molecule has 0 aromatic heterocycles. The number of rotatable bonds is 3. The lowest BCUT2D eigenvalue weighted by atomic mass is 9.94. The van der Waals surface area contributed by atoms with Crippen LogP contribution in [0, 0.1) is 5.92 Å². The molecule has 0 aromatic rings. The summed E-state index contributed by atoms with van der Waals surface area (Å²) in [6, 6.07) is 0. The number of carboxylic acids is 1. The van der Waals surface area contributed by atoms with E-state index in [1.807, 2.05) is 6.92 Å². The summed E-state index contributed by atoms with van der Waals surface area (Å²) in [7, 11) is 1.18. The Labute approximate surface area is 102 Å². The molecule has 7 heteroatoms. The van der Waals surface area contributed by atoms with Crippen LogP contribution in [-0.4, -0.2) is 40.3 Å². The fourth-order valence-corrected chi connectivity index (χ4v) is 3.50. The number of amides is 1. The third kappa shape index (κ3) is 1.53. The zero-order chi connectivity index (χ0) is 12.7. The predicted molar refractivity (Wildman–Crippen MR) is 58.7 cm³/mol. The molecule has 1 saturated heterocycles. The highest BCUT2D eigenvalue weighted by Gasteiger charge is 2.56. The standard InChI is InChI=1S/C10H11NO5S/c1-3-4-7(12)11-5(9(13)14)6(10(15)16-2)17-8(4)11/h4,8H,3H2,1-2H3,(H,13,14)/t4-,8+/m0/s1. The molecule has 1 fully saturated rings. The number of hydrogen-bond acceptors (Lipinski definition) is 5. The molecular formula is C10H11NO5S. The summed E-state index contributed by atoms with van der Waals surface area (Å²) in [5, 5.41) is 8.78. The Bertz CT molecular complexity index is 444. The van der Waals surface area contributed by atoms with Crippen LogP contribution >= 0.6 is 11.8 Å². The van der Waals surface area contributed by atoms with E-state index in [2.05, 4.69) is 4.74 Å². The van der Waals surface area contributed by atoms with Gasteiger partial charge in [0.05, 0.1) is 18.4 Å². The zero-order valence-electron chi connectivity index (χ0n) is 9.30. The van der Waals surface area contributed by atoms with Crippen LogP contribution in [-0.2, 0) is 19.1 Å². The van der Waals surface area contributed by atoms with Gasteiger partial charge in [-0.15, -0.1) is 0 Å². The van der Waals surface area contributed by atoms with Crippen LogP contribution in [0.2, 0.25) is 0 Å². The second kappa shape index (κ2) is 4.06. The molecule has 0 aromatic carbocycles. The van der Waals surface area contributed by atoms with Crippen molar-refractivity contribution in [3.63, 3.8) is 0 Å². The van der Waals surface area contributed by atoms with Crippen LogP contribution < -0.4 is 0 Å². The van der Waals surface area contributed by atoms with Crippen LogP contribution in [0.1, 0.15) is 13.3 Å². The normalized spacial score (nSPS) is 26.7. The molecule has 2 rings (SSSR count). The van der Waals surface area contributed by atoms with Crippen molar-refractivity contribution in [3.05, 3.63) is 10.6 Å². The van der Waals surface area contributed by atoms with Crippen molar-refractivity contribution in [3.8, 4) is 0 Å². The number of fused-ring (bicyclic) bond motifs is 1. The van der Waals surface area contributed by atoms with Gasteiger partial charge >= 0.3 is 11.9 Å². The molecule has 6 nitrogen and oxygen atoms in total. The zero-order valence-corrected chi connectivity index (χ0v) is 10.1. The third-order valence-corrected chi connectivity index (χ3v) is 4.24. The monoisotopic (exact) mass is 257 g/mol. The molecule has 17 heavy (non-hydrogen) atoms. The fraction of sp³-hybridized carbons (Fsp3) is 0.500. The van der Waals surface area contributed by atoms with Crippen LogP contribution in [0.15, 0.2) is 10.6 Å². The number of carbonyl (C=O) groups is 3. The maximum absolute atomic E-state index is 11.7. The summed E-state index contributed by atoms with van der Waals surface area (Å²) in [5.41, 5.74) is -0.249. The Kier molecular flexibility index (Phi) is 2.86. The summed E-state index contributed by atoms with van der Waals surface area (Å²) in [5.74, 6) is -2.43. The molecule has 0 bridgehead atoms. The highest BCUT2D eigenvalue weighted by molar-refractivity contribution is 8.05. The summed E-state index contributed by atoms with van der Waals surface area (Å²) < 4.78 is 4.52. The summed E-state index contributed by atoms with van der Waals surface area (Å²) >= 11 is 1.10. The number of hydrogen-bond donors (Lipinski definition) is 1. The van der Waals surface area contributed by atoms with Crippen LogP contribution in [0.25, 0.3) is 0 Å². The van der Waals surface area contributed by atoms with Gasteiger partial charge in [-0.2, -0.15) is 0 Å². The van der Waals surface area contributed by atoms with Crippen molar-refractivity contribution < 1.29 is 24.2 Å². The van der Waals surface area contributed by atoms with Crippen molar-refractivity contribution >= 4 is 29.6 Å². The average Bonchev–Trinajstić information content (AvgIpc) is 2.64. The lowest BCUT2D eigenvalue weighted by Crippen LogP contribution is -2.56. The van der Waals surface area contributed by atoms with E-state index in [4.69, 9.17) is 5.11 Å². The lowest BCUT2D eigenvalue weighted by Gasteiger charge is -2.41. The van der Waals surface area contributed by atoms with E-state index < -0.39 is 11.9 Å². The van der Waals surface area contributed by atoms with E-state index in [9.17, 15) is 14.4 Å². The first-order valence-corrected chi connectivity index (χ1v) is 5.96. The Morgan fingerprint density at radius 1 is 1.53 bits per heavy atom. The number of esters is 1. The second-order valence-corrected chi connectivity index (χ2v) is 4.83. The Morgan fingerprint density at radius 2 is 2.18 bits per heavy atom. The molecule has 0 spiro atoms. The van der Waals surface area contributed by atoms with Gasteiger partial charge in [0.1, 0.15) is 4.91 Å². The Balaban J connectivity index is 2.36. The molecule has 0 radical (unpaired) electrons. The Hall–Kier alpha value is -1.50. The molecule has 2 atom stereocenters. The number of thioether (sulfide) groups is 1. The van der Waals surface area contributed by atoms with Crippen molar-refractivity contribution in [1.29, 1.82) is 0 Å². The smallest absolute Gasteiger partial charge is 0.354 e. The number of methoxy groups -OCH3 is 1. The number of aliphatic carboxylic acids is 1. The quantitative estimate of drug-likeness (QED) is 0.582. The SMILES string of the molecule is CC[C@H]1C(=O)N2C(C(=O)O)=C(C(=O)OC)S[C@H]12. The van der Waals surface area contributed by atoms with Gasteiger partial charge in [-0.3, -0.25) is 9.69 Å². The van der Waals surface area contributed by atoms with E-state index in [0.29, 0.717) is 6.42 Å². The van der Waals surface area contributed by atoms with Gasteiger partial charge in [-0.1, -0.05) is 18.7 Å². The highest BCUT2D eigenvalue weighted by Crippen LogP contribution is 2.50. The van der Waals surface area contributed by atoms with E-state index in [1.165, 1.54) is 12.0 Å². The molecule has 2 aliphatic rings. The molecule has 92 valence electrons. The minimum absolute atomic E-state index is 0.00861. The van der Waals surface area contributed by atoms with Gasteiger partial charge in [-0.05, 0) is 6.42 Å². The van der Waals surface area contributed by atoms with Gasteiger partial charge in [0.2, 0.25) is 5.91 Å². The maximum atomic E-state index is 11.7. The average molecular weight is 257 g/mol. The van der Waals surface area contributed by atoms with Gasteiger partial charge in [0, 0.05) is 0 Å². The topological polar surface area (TPSA) is 83.9 Å². The van der Waals surface area contributed by atoms with Crippen molar-refractivity contribution in [2.75, 3.05) is 7.11 Å². The Morgan fingerprint density at radius 3 is 2.65 bits per heavy atom. The van der Waals surface area contributed by atoms with Gasteiger partial charge < -0.3 is 9.84 Å². The van der Waals surface area contributed by atoms with Crippen LogP contribution in [0.5, 0.6) is 0 Å². The largest absolute Gasteiger partial charge is 0.477 e. The molecule has 1 amide bonds. The first-order chi connectivity index (χ1) is 8.02. The predicted octanol–water partition coefficient (Wildman–Crippen LogP) is 0.397. The molecule has 1 N–H and O–H groups in total. The number of ether oxygens (including phenoxy) is 1. The minimum atomic E-state index is -1.27. The molecule has 2 heterocycles. The molecular weight excluding hydrogens is 246 g/mol. The van der Waals surface area contributed by atoms with Gasteiger partial charge in [0.25, 0.3) is 0 Å². The summed E-state index contributed by atoms with van der Waals surface area (Å²) in [4.78, 5) is 35.4. The molecule has 2 aliphatic heterocycles. The number of β-lactam (4-membered cyclic amide) rings is 1. The van der Waals surface area contributed by atoms with Crippen molar-refractivity contribution in [2.24, 2.45) is 5.92 Å². The van der Waals surface area contributed by atoms with E-state index in [1.54, 1.807) is 0 Å². The fourth-order valence-electron chi connectivity index (χ4n) is 2.00. The third-order valence-electron chi connectivity index (χ3n) is 2.86. The minimum Gasteiger partial charge on any atom is -0.477 e. The molecule has 0 unspecified atom stereocenters. The van der Waals surface area contributed by atoms with Crippen molar-refractivity contribution in [2.45, 2.75) is 18.7 Å². The second-order valence-electron chi connectivity index (χ2n) is 3.71. The molecule has 0 saturated carbocycles.